The van der Waals surface area contributed by atoms with Crippen molar-refractivity contribution in [2.24, 2.45) is 0 Å². The van der Waals surface area contributed by atoms with Crippen LogP contribution >= 0.6 is 11.3 Å². The van der Waals surface area contributed by atoms with Gasteiger partial charge in [-0.2, -0.15) is 0 Å². The number of aromatic nitrogens is 3. The molecule has 0 atom stereocenters. The highest BCUT2D eigenvalue weighted by molar-refractivity contribution is 7.20. The smallest absolute Gasteiger partial charge is 0.197 e. The average molecular weight is 285 g/mol. The van der Waals surface area contributed by atoms with E-state index in [1.807, 2.05) is 28.8 Å². The second-order valence-corrected chi connectivity index (χ2v) is 5.70. The topological polar surface area (TPSA) is 47.8 Å². The van der Waals surface area contributed by atoms with Gasteiger partial charge in [0.05, 0.1) is 23.0 Å². The van der Waals surface area contributed by atoms with Crippen LogP contribution in [0.2, 0.25) is 0 Å². The second-order valence-electron chi connectivity index (χ2n) is 4.67. The molecule has 0 N–H and O–H groups in total. The molecule has 0 fully saturated rings. The van der Waals surface area contributed by atoms with Crippen molar-refractivity contribution in [1.82, 2.24) is 14.5 Å². The molecule has 4 nitrogen and oxygen atoms in total. The summed E-state index contributed by atoms with van der Waals surface area (Å²) in [5, 5.41) is 0.579. The molecule has 1 aromatic carbocycles. The normalized spacial score (nSPS) is 11.1. The van der Waals surface area contributed by atoms with E-state index in [4.69, 9.17) is 0 Å². The maximum atomic E-state index is 12.3. The highest BCUT2D eigenvalue weighted by Gasteiger charge is 2.14. The lowest BCUT2D eigenvalue weighted by molar-refractivity contribution is 0.0990. The summed E-state index contributed by atoms with van der Waals surface area (Å²) in [4.78, 5) is 20.9. The summed E-state index contributed by atoms with van der Waals surface area (Å²) < 4.78 is 3.09. The maximum absolute atomic E-state index is 12.3. The molecule has 0 aliphatic carbocycles. The number of hydrogen-bond acceptors (Lipinski definition) is 4. The molecular weight excluding hydrogens is 270 g/mol. The quantitative estimate of drug-likeness (QED) is 0.676. The van der Waals surface area contributed by atoms with Crippen molar-refractivity contribution < 1.29 is 4.79 Å². The zero-order chi connectivity index (χ0) is 13.9. The third-order valence-electron chi connectivity index (χ3n) is 3.14. The van der Waals surface area contributed by atoms with Gasteiger partial charge in [-0.15, -0.1) is 11.3 Å². The van der Waals surface area contributed by atoms with Crippen molar-refractivity contribution in [3.63, 3.8) is 0 Å². The van der Waals surface area contributed by atoms with E-state index >= 15 is 0 Å². The number of rotatable bonds is 5. The van der Waals surface area contributed by atoms with E-state index in [0.29, 0.717) is 11.4 Å². The number of para-hydroxylation sites is 1. The van der Waals surface area contributed by atoms with E-state index in [9.17, 15) is 4.79 Å². The number of thiazole rings is 1. The Balaban J connectivity index is 1.83. The van der Waals surface area contributed by atoms with Crippen LogP contribution in [-0.4, -0.2) is 20.3 Å². The van der Waals surface area contributed by atoms with Gasteiger partial charge >= 0.3 is 0 Å². The first-order valence-electron chi connectivity index (χ1n) is 6.65. The van der Waals surface area contributed by atoms with E-state index < -0.39 is 0 Å². The van der Waals surface area contributed by atoms with E-state index in [-0.39, 0.29) is 5.78 Å². The fraction of sp³-hybridized carbons (Fsp3) is 0.267. The number of carbonyl (C=O) groups is 1. The van der Waals surface area contributed by atoms with Gasteiger partial charge in [-0.3, -0.25) is 4.79 Å². The van der Waals surface area contributed by atoms with Gasteiger partial charge in [-0.25, -0.2) is 9.97 Å². The molecule has 0 spiro atoms. The number of imidazole rings is 1. The molecule has 0 bridgehead atoms. The van der Waals surface area contributed by atoms with Gasteiger partial charge in [0.25, 0.3) is 0 Å². The highest BCUT2D eigenvalue weighted by atomic mass is 32.1. The van der Waals surface area contributed by atoms with Crippen molar-refractivity contribution in [3.05, 3.63) is 47.5 Å². The Labute approximate surface area is 121 Å². The number of Topliss-reactive ketones (excluding diaryl/α,β-unsaturated/α-hetero) is 1. The zero-order valence-electron chi connectivity index (χ0n) is 11.2. The Kier molecular flexibility index (Phi) is 3.60. The van der Waals surface area contributed by atoms with Crippen molar-refractivity contribution >= 4 is 27.3 Å². The van der Waals surface area contributed by atoms with Gasteiger partial charge < -0.3 is 4.57 Å². The van der Waals surface area contributed by atoms with Gasteiger partial charge in [0.2, 0.25) is 0 Å². The number of aryl methyl sites for hydroxylation is 1. The molecule has 0 radical (unpaired) electrons. The highest BCUT2D eigenvalue weighted by Crippen LogP contribution is 2.22. The van der Waals surface area contributed by atoms with Crippen LogP contribution in [0.4, 0.5) is 0 Å². The lowest BCUT2D eigenvalue weighted by Gasteiger charge is -2.04. The number of nitrogens with zero attached hydrogens (tertiary/aromatic N) is 3. The average Bonchev–Trinajstić information content (AvgIpc) is 3.06. The lowest BCUT2D eigenvalue weighted by atomic mass is 10.2. The molecule has 0 unspecified atom stereocenters. The second kappa shape index (κ2) is 5.54. The van der Waals surface area contributed by atoms with Crippen LogP contribution in [0, 0.1) is 0 Å². The maximum Gasteiger partial charge on any atom is 0.197 e. The van der Waals surface area contributed by atoms with Crippen LogP contribution < -0.4 is 0 Å². The zero-order valence-corrected chi connectivity index (χ0v) is 12.1. The minimum atomic E-state index is 0.0593. The van der Waals surface area contributed by atoms with E-state index in [1.54, 1.807) is 12.5 Å². The Morgan fingerprint density at radius 2 is 2.20 bits per heavy atom. The van der Waals surface area contributed by atoms with Crippen molar-refractivity contribution in [3.8, 4) is 0 Å². The summed E-state index contributed by atoms with van der Waals surface area (Å²) in [6.07, 6.45) is 4.93. The Hall–Kier alpha value is -2.01. The molecule has 3 aromatic rings. The summed E-state index contributed by atoms with van der Waals surface area (Å²) in [5.74, 6) is 0.0593. The minimum absolute atomic E-state index is 0.0593. The number of fused-ring (bicyclic) bond motifs is 1. The first kappa shape index (κ1) is 13.0. The van der Waals surface area contributed by atoms with E-state index in [1.165, 1.54) is 11.3 Å². The number of hydrogen-bond donors (Lipinski definition) is 0. The summed E-state index contributed by atoms with van der Waals surface area (Å²) >= 11 is 1.46. The van der Waals surface area contributed by atoms with Gasteiger partial charge in [-0.05, 0) is 18.6 Å². The van der Waals surface area contributed by atoms with Crippen LogP contribution in [0.5, 0.6) is 0 Å². The number of benzene rings is 1. The first-order valence-corrected chi connectivity index (χ1v) is 7.47. The third-order valence-corrected chi connectivity index (χ3v) is 4.21. The third kappa shape index (κ3) is 2.49. The summed E-state index contributed by atoms with van der Waals surface area (Å²) in [6, 6.07) is 7.83. The van der Waals surface area contributed by atoms with Gasteiger partial charge in [0.15, 0.2) is 10.8 Å². The molecule has 2 heterocycles. The molecule has 102 valence electrons. The molecule has 0 amide bonds. The Bertz CT molecular complexity index is 711. The molecule has 0 saturated heterocycles. The predicted molar refractivity (Wildman–Crippen MR) is 80.2 cm³/mol. The van der Waals surface area contributed by atoms with Crippen LogP contribution in [-0.2, 0) is 13.0 Å². The van der Waals surface area contributed by atoms with E-state index in [0.717, 1.165) is 28.9 Å². The fourth-order valence-corrected chi connectivity index (χ4v) is 3.07. The predicted octanol–water partition coefficient (Wildman–Crippen LogP) is 3.33. The Morgan fingerprint density at radius 3 is 3.00 bits per heavy atom. The summed E-state index contributed by atoms with van der Waals surface area (Å²) in [5.41, 5.74) is 1.85. The molecular formula is C15H15N3OS. The van der Waals surface area contributed by atoms with Gasteiger partial charge in [0, 0.05) is 18.4 Å². The minimum Gasteiger partial charge on any atom is -0.334 e. The van der Waals surface area contributed by atoms with Gasteiger partial charge in [-0.1, -0.05) is 19.1 Å². The summed E-state index contributed by atoms with van der Waals surface area (Å²) in [6.45, 7) is 3.00. The van der Waals surface area contributed by atoms with E-state index in [2.05, 4.69) is 16.9 Å². The molecule has 3 rings (SSSR count). The van der Waals surface area contributed by atoms with Gasteiger partial charge in [0.1, 0.15) is 0 Å². The standard InChI is InChI=1S/C15H15N3OS/c1-2-7-18-10-16-9-11(18)8-13(19)15-17-12-5-3-4-6-14(12)20-15/h3-6,9-10H,2,7-8H2,1H3. The molecule has 0 saturated carbocycles. The molecule has 0 aliphatic heterocycles. The molecule has 5 heteroatoms. The monoisotopic (exact) mass is 285 g/mol. The van der Waals surface area contributed by atoms with Crippen molar-refractivity contribution in [2.45, 2.75) is 26.3 Å². The van der Waals surface area contributed by atoms with Crippen molar-refractivity contribution in [1.29, 1.82) is 0 Å². The van der Waals surface area contributed by atoms with Crippen LogP contribution in [0.15, 0.2) is 36.8 Å². The summed E-state index contributed by atoms with van der Waals surface area (Å²) in [7, 11) is 0. The largest absolute Gasteiger partial charge is 0.334 e. The number of carbonyl (C=O) groups excluding carboxylic acids is 1. The number of ketones is 1. The SMILES string of the molecule is CCCn1cncc1CC(=O)c1nc2ccccc2s1. The fourth-order valence-electron chi connectivity index (χ4n) is 2.17. The van der Waals surface area contributed by atoms with Crippen LogP contribution in [0.3, 0.4) is 0 Å². The lowest BCUT2D eigenvalue weighted by Crippen LogP contribution is -2.08. The van der Waals surface area contributed by atoms with Crippen LogP contribution in [0.25, 0.3) is 10.2 Å². The molecule has 20 heavy (non-hydrogen) atoms. The van der Waals surface area contributed by atoms with Crippen molar-refractivity contribution in [2.75, 3.05) is 0 Å². The van der Waals surface area contributed by atoms with Crippen LogP contribution in [0.1, 0.15) is 28.8 Å². The first-order chi connectivity index (χ1) is 9.78. The molecule has 0 aliphatic rings. The Morgan fingerprint density at radius 1 is 1.35 bits per heavy atom. The molecule has 2 aromatic heterocycles.